The van der Waals surface area contributed by atoms with Gasteiger partial charge in [0.15, 0.2) is 17.3 Å². The number of carbonyl (C=O) groups is 1. The van der Waals surface area contributed by atoms with E-state index in [1.54, 1.807) is 11.8 Å². The first kappa shape index (κ1) is 19.9. The van der Waals surface area contributed by atoms with E-state index in [0.717, 1.165) is 16.8 Å². The Morgan fingerprint density at radius 1 is 1.23 bits per heavy atom. The molecule has 8 nitrogen and oxygen atoms in total. The van der Waals surface area contributed by atoms with Crippen LogP contribution >= 0.6 is 11.6 Å². The molecular weight excluding hydrogens is 406 g/mol. The Morgan fingerprint density at radius 2 is 2.07 bits per heavy atom. The number of nitrogens with one attached hydrogen (secondary N) is 1. The van der Waals surface area contributed by atoms with Gasteiger partial charge in [-0.25, -0.2) is 0 Å². The summed E-state index contributed by atoms with van der Waals surface area (Å²) in [5.74, 6) is 1.54. The summed E-state index contributed by atoms with van der Waals surface area (Å²) in [6.45, 7) is 3.71. The maximum atomic E-state index is 12.4. The SMILES string of the molecule is COc1cc(C2C(C(C)=O)=C(C)Nc3nnnn32)ccc1OCc1cccc(Cl)c1. The number of fused-ring (bicyclic) bond motifs is 1. The van der Waals surface area contributed by atoms with Gasteiger partial charge < -0.3 is 14.8 Å². The number of ketones is 1. The lowest BCUT2D eigenvalue weighted by Gasteiger charge is -2.27. The molecule has 0 fully saturated rings. The number of hydrogen-bond acceptors (Lipinski definition) is 7. The van der Waals surface area contributed by atoms with Gasteiger partial charge in [0.25, 0.3) is 0 Å². The van der Waals surface area contributed by atoms with E-state index in [1.807, 2.05) is 49.4 Å². The summed E-state index contributed by atoms with van der Waals surface area (Å²) in [6.07, 6.45) is 0. The van der Waals surface area contributed by atoms with Crippen LogP contribution in [-0.2, 0) is 11.4 Å². The van der Waals surface area contributed by atoms with Crippen molar-refractivity contribution in [2.24, 2.45) is 0 Å². The van der Waals surface area contributed by atoms with Crippen molar-refractivity contribution in [1.29, 1.82) is 0 Å². The molecule has 0 amide bonds. The average molecular weight is 426 g/mol. The summed E-state index contributed by atoms with van der Waals surface area (Å²) in [5, 5.41) is 15.5. The molecular formula is C21H20ClN5O3. The number of benzene rings is 2. The van der Waals surface area contributed by atoms with Crippen LogP contribution in [0.3, 0.4) is 0 Å². The third-order valence-corrected chi connectivity index (χ3v) is 5.12. The van der Waals surface area contributed by atoms with Gasteiger partial charge in [0, 0.05) is 16.3 Å². The van der Waals surface area contributed by atoms with Crippen LogP contribution in [-0.4, -0.2) is 33.1 Å². The zero-order valence-electron chi connectivity index (χ0n) is 16.7. The molecule has 9 heteroatoms. The number of Topliss-reactive ketones (excluding diaryl/α,β-unsaturated/α-hetero) is 1. The second-order valence-electron chi connectivity index (χ2n) is 6.90. The number of ether oxygens (including phenoxy) is 2. The molecule has 0 spiro atoms. The van der Waals surface area contributed by atoms with E-state index in [2.05, 4.69) is 20.8 Å². The first-order valence-corrected chi connectivity index (χ1v) is 9.67. The zero-order chi connectivity index (χ0) is 21.3. The molecule has 0 saturated heterocycles. The van der Waals surface area contributed by atoms with Gasteiger partial charge in [-0.15, -0.1) is 0 Å². The minimum absolute atomic E-state index is 0.0635. The number of tetrazole rings is 1. The fraction of sp³-hybridized carbons (Fsp3) is 0.238. The molecule has 1 unspecified atom stereocenters. The van der Waals surface area contributed by atoms with Gasteiger partial charge in [-0.1, -0.05) is 34.9 Å². The zero-order valence-corrected chi connectivity index (χ0v) is 17.5. The molecule has 154 valence electrons. The van der Waals surface area contributed by atoms with Crippen LogP contribution < -0.4 is 14.8 Å². The smallest absolute Gasteiger partial charge is 0.248 e. The van der Waals surface area contributed by atoms with Crippen molar-refractivity contribution in [3.8, 4) is 11.5 Å². The largest absolute Gasteiger partial charge is 0.493 e. The van der Waals surface area contributed by atoms with Crippen LogP contribution in [0.2, 0.25) is 5.02 Å². The highest BCUT2D eigenvalue weighted by molar-refractivity contribution is 6.30. The Bertz CT molecular complexity index is 1140. The van der Waals surface area contributed by atoms with Gasteiger partial charge in [0.05, 0.1) is 7.11 Å². The Labute approximate surface area is 178 Å². The van der Waals surface area contributed by atoms with E-state index < -0.39 is 6.04 Å². The molecule has 3 aromatic rings. The van der Waals surface area contributed by atoms with E-state index in [0.29, 0.717) is 34.6 Å². The van der Waals surface area contributed by atoms with Crippen molar-refractivity contribution in [2.75, 3.05) is 12.4 Å². The fourth-order valence-electron chi connectivity index (χ4n) is 3.54. The third-order valence-electron chi connectivity index (χ3n) is 4.88. The highest BCUT2D eigenvalue weighted by Crippen LogP contribution is 2.38. The van der Waals surface area contributed by atoms with Gasteiger partial charge in [-0.3, -0.25) is 4.79 Å². The van der Waals surface area contributed by atoms with Crippen molar-refractivity contribution < 1.29 is 14.3 Å². The minimum Gasteiger partial charge on any atom is -0.493 e. The number of hydrogen-bond donors (Lipinski definition) is 1. The summed E-state index contributed by atoms with van der Waals surface area (Å²) < 4.78 is 13.1. The number of rotatable bonds is 6. The monoisotopic (exact) mass is 425 g/mol. The Morgan fingerprint density at radius 3 is 2.80 bits per heavy atom. The van der Waals surface area contributed by atoms with E-state index >= 15 is 0 Å². The Hall–Kier alpha value is -3.39. The number of methoxy groups -OCH3 is 1. The fourth-order valence-corrected chi connectivity index (χ4v) is 3.75. The lowest BCUT2D eigenvalue weighted by molar-refractivity contribution is -0.114. The van der Waals surface area contributed by atoms with Crippen LogP contribution in [0.1, 0.15) is 31.0 Å². The van der Waals surface area contributed by atoms with E-state index in [9.17, 15) is 4.79 Å². The van der Waals surface area contributed by atoms with E-state index in [1.165, 1.54) is 6.92 Å². The van der Waals surface area contributed by atoms with E-state index in [-0.39, 0.29) is 5.78 Å². The normalized spacial score (nSPS) is 15.4. The standard InChI is InChI=1S/C21H20ClN5O3/c1-12-19(13(2)28)20(27-21(23-12)24-25-26-27)15-7-8-17(18(10-15)29-3)30-11-14-5-4-6-16(22)9-14/h4-10,20H,11H2,1-3H3,(H,23,24,26). The second kappa shape index (κ2) is 8.16. The summed E-state index contributed by atoms with van der Waals surface area (Å²) in [5.41, 5.74) is 3.06. The molecule has 1 aliphatic rings. The molecule has 1 N–H and O–H groups in total. The van der Waals surface area contributed by atoms with Crippen molar-refractivity contribution in [2.45, 2.75) is 26.5 Å². The van der Waals surface area contributed by atoms with Crippen molar-refractivity contribution in [3.63, 3.8) is 0 Å². The number of allylic oxidation sites excluding steroid dienone is 2. The van der Waals surface area contributed by atoms with Crippen LogP contribution in [0, 0.1) is 0 Å². The first-order valence-electron chi connectivity index (χ1n) is 9.29. The van der Waals surface area contributed by atoms with Crippen molar-refractivity contribution in [3.05, 3.63) is 69.9 Å². The molecule has 1 atom stereocenters. The summed E-state index contributed by atoms with van der Waals surface area (Å²) >= 11 is 6.04. The van der Waals surface area contributed by atoms with Gasteiger partial charge >= 0.3 is 0 Å². The van der Waals surface area contributed by atoms with Crippen molar-refractivity contribution >= 4 is 23.3 Å². The predicted molar refractivity (Wildman–Crippen MR) is 112 cm³/mol. The Balaban J connectivity index is 1.68. The molecule has 4 rings (SSSR count). The minimum atomic E-state index is -0.468. The predicted octanol–water partition coefficient (Wildman–Crippen LogP) is 3.79. The first-order chi connectivity index (χ1) is 14.5. The van der Waals surface area contributed by atoms with E-state index in [4.69, 9.17) is 21.1 Å². The molecule has 1 aromatic heterocycles. The number of carbonyl (C=O) groups excluding carboxylic acids is 1. The molecule has 0 saturated carbocycles. The Kier molecular flexibility index (Phi) is 5.41. The van der Waals surface area contributed by atoms with Gasteiger partial charge in [0.1, 0.15) is 12.6 Å². The molecule has 0 radical (unpaired) electrons. The molecule has 0 bridgehead atoms. The molecule has 1 aliphatic heterocycles. The van der Waals surface area contributed by atoms with Crippen LogP contribution in [0.5, 0.6) is 11.5 Å². The maximum Gasteiger partial charge on any atom is 0.248 e. The topological polar surface area (TPSA) is 91.2 Å². The summed E-state index contributed by atoms with van der Waals surface area (Å²) in [7, 11) is 1.57. The van der Waals surface area contributed by atoms with Crippen LogP contribution in [0.15, 0.2) is 53.7 Å². The highest BCUT2D eigenvalue weighted by Gasteiger charge is 2.32. The molecule has 2 aromatic carbocycles. The van der Waals surface area contributed by atoms with Gasteiger partial charge in [-0.2, -0.15) is 4.68 Å². The van der Waals surface area contributed by atoms with Gasteiger partial charge in [0.2, 0.25) is 5.95 Å². The summed E-state index contributed by atoms with van der Waals surface area (Å²) in [4.78, 5) is 12.4. The van der Waals surface area contributed by atoms with Gasteiger partial charge in [-0.05, 0) is 59.7 Å². The second-order valence-corrected chi connectivity index (χ2v) is 7.33. The van der Waals surface area contributed by atoms with Crippen LogP contribution in [0.25, 0.3) is 0 Å². The van der Waals surface area contributed by atoms with Crippen LogP contribution in [0.4, 0.5) is 5.95 Å². The maximum absolute atomic E-state index is 12.4. The number of nitrogens with zero attached hydrogens (tertiary/aromatic N) is 4. The lowest BCUT2D eigenvalue weighted by Crippen LogP contribution is -2.27. The highest BCUT2D eigenvalue weighted by atomic mass is 35.5. The molecule has 2 heterocycles. The lowest BCUT2D eigenvalue weighted by atomic mass is 9.93. The number of halogens is 1. The number of anilines is 1. The quantitative estimate of drug-likeness (QED) is 0.642. The third kappa shape index (κ3) is 3.73. The number of aromatic nitrogens is 4. The molecule has 30 heavy (non-hydrogen) atoms. The molecule has 0 aliphatic carbocycles. The average Bonchev–Trinajstić information content (AvgIpc) is 3.19. The summed E-state index contributed by atoms with van der Waals surface area (Å²) in [6, 6.07) is 12.5. The van der Waals surface area contributed by atoms with Crippen molar-refractivity contribution in [1.82, 2.24) is 20.2 Å².